The van der Waals surface area contributed by atoms with E-state index in [1.165, 1.54) is 12.1 Å². The molecule has 0 fully saturated rings. The molecule has 0 saturated heterocycles. The minimum absolute atomic E-state index is 0.0387. The summed E-state index contributed by atoms with van der Waals surface area (Å²) in [7, 11) is 1.59. The first kappa shape index (κ1) is 26.3. The Kier molecular flexibility index (Phi) is 9.00. The van der Waals surface area contributed by atoms with E-state index in [1.54, 1.807) is 48.3 Å². The van der Waals surface area contributed by atoms with Gasteiger partial charge in [0.25, 0.3) is 5.91 Å². The molecule has 0 atom stereocenters. The Morgan fingerprint density at radius 2 is 1.89 bits per heavy atom. The number of rotatable bonds is 11. The lowest BCUT2D eigenvalue weighted by Gasteiger charge is -2.09. The summed E-state index contributed by atoms with van der Waals surface area (Å²) in [6, 6.07) is 25.2. The number of methoxy groups -OCH3 is 1. The predicted molar refractivity (Wildman–Crippen MR) is 143 cm³/mol. The summed E-state index contributed by atoms with van der Waals surface area (Å²) in [4.78, 5) is 12.6. The molecule has 0 aliphatic heterocycles. The van der Waals surface area contributed by atoms with Crippen LogP contribution in [0.25, 0.3) is 23.0 Å². The molecular formula is C30H27FN4O3. The Morgan fingerprint density at radius 3 is 2.66 bits per heavy atom. The summed E-state index contributed by atoms with van der Waals surface area (Å²) >= 11 is 0. The zero-order valence-corrected chi connectivity index (χ0v) is 20.9. The van der Waals surface area contributed by atoms with Crippen molar-refractivity contribution < 1.29 is 18.7 Å². The molecule has 8 heteroatoms. The fourth-order valence-corrected chi connectivity index (χ4v) is 3.76. The van der Waals surface area contributed by atoms with E-state index in [2.05, 4.69) is 5.32 Å². The van der Waals surface area contributed by atoms with E-state index in [9.17, 15) is 14.4 Å². The smallest absolute Gasteiger partial charge is 0.261 e. The van der Waals surface area contributed by atoms with Gasteiger partial charge in [-0.25, -0.2) is 9.07 Å². The highest BCUT2D eigenvalue weighted by atomic mass is 19.1. The lowest BCUT2D eigenvalue weighted by Crippen LogP contribution is -2.26. The van der Waals surface area contributed by atoms with Gasteiger partial charge in [0.2, 0.25) is 0 Å². The van der Waals surface area contributed by atoms with Crippen LogP contribution in [-0.2, 0) is 16.1 Å². The predicted octanol–water partition coefficient (Wildman–Crippen LogP) is 5.32. The molecule has 0 saturated carbocycles. The molecule has 1 heterocycles. The summed E-state index contributed by atoms with van der Waals surface area (Å²) < 4.78 is 26.6. The van der Waals surface area contributed by atoms with E-state index in [0.717, 1.165) is 11.3 Å². The molecule has 0 spiro atoms. The highest BCUT2D eigenvalue weighted by molar-refractivity contribution is 6.02. The highest BCUT2D eigenvalue weighted by Gasteiger charge is 2.16. The largest absolute Gasteiger partial charge is 0.489 e. The number of ether oxygens (including phenoxy) is 2. The maximum Gasteiger partial charge on any atom is 0.261 e. The third-order valence-corrected chi connectivity index (χ3v) is 5.70. The summed E-state index contributed by atoms with van der Waals surface area (Å²) in [5.74, 6) is -0.266. The van der Waals surface area contributed by atoms with Crippen LogP contribution in [0, 0.1) is 17.1 Å². The van der Waals surface area contributed by atoms with Crippen LogP contribution in [0.15, 0.2) is 90.6 Å². The SMILES string of the molecule is COCCCNC(=O)/C(C#N)=C\c1cn(-c2ccccc2)nc1-c1cccc(OCc2ccccc2F)c1. The van der Waals surface area contributed by atoms with Crippen molar-refractivity contribution in [3.05, 3.63) is 108 Å². The van der Waals surface area contributed by atoms with Gasteiger partial charge in [-0.05, 0) is 42.8 Å². The Balaban J connectivity index is 1.66. The molecule has 0 unspecified atom stereocenters. The van der Waals surface area contributed by atoms with Crippen molar-refractivity contribution in [3.8, 4) is 28.8 Å². The van der Waals surface area contributed by atoms with E-state index in [1.807, 2.05) is 48.5 Å². The third-order valence-electron chi connectivity index (χ3n) is 5.70. The molecule has 3 aromatic carbocycles. The van der Waals surface area contributed by atoms with Crippen LogP contribution in [-0.4, -0.2) is 35.9 Å². The van der Waals surface area contributed by atoms with Gasteiger partial charge < -0.3 is 14.8 Å². The minimum Gasteiger partial charge on any atom is -0.489 e. The third kappa shape index (κ3) is 6.72. The van der Waals surface area contributed by atoms with E-state index in [0.29, 0.717) is 42.1 Å². The van der Waals surface area contributed by atoms with Gasteiger partial charge in [0, 0.05) is 43.1 Å². The number of amides is 1. The Morgan fingerprint density at radius 1 is 1.11 bits per heavy atom. The molecule has 0 bridgehead atoms. The molecule has 0 aliphatic carbocycles. The number of hydrogen-bond acceptors (Lipinski definition) is 5. The quantitative estimate of drug-likeness (QED) is 0.168. The number of benzene rings is 3. The monoisotopic (exact) mass is 510 g/mol. The van der Waals surface area contributed by atoms with Crippen LogP contribution in [0.2, 0.25) is 0 Å². The van der Waals surface area contributed by atoms with Gasteiger partial charge in [-0.15, -0.1) is 0 Å². The molecule has 0 aliphatic rings. The number of para-hydroxylation sites is 1. The van der Waals surface area contributed by atoms with E-state index in [-0.39, 0.29) is 18.0 Å². The second-order valence-electron chi connectivity index (χ2n) is 8.39. The molecule has 1 aromatic heterocycles. The molecule has 38 heavy (non-hydrogen) atoms. The Hall–Kier alpha value is -4.74. The molecule has 1 amide bonds. The maximum atomic E-state index is 14.0. The van der Waals surface area contributed by atoms with Gasteiger partial charge in [-0.2, -0.15) is 10.4 Å². The zero-order valence-electron chi connectivity index (χ0n) is 20.9. The van der Waals surface area contributed by atoms with Gasteiger partial charge >= 0.3 is 0 Å². The molecule has 1 N–H and O–H groups in total. The lowest BCUT2D eigenvalue weighted by atomic mass is 10.1. The van der Waals surface area contributed by atoms with Gasteiger partial charge in [0.05, 0.1) is 5.69 Å². The van der Waals surface area contributed by atoms with E-state index < -0.39 is 5.91 Å². The maximum absolute atomic E-state index is 14.0. The summed E-state index contributed by atoms with van der Waals surface area (Å²) in [5, 5.41) is 17.2. The first-order valence-corrected chi connectivity index (χ1v) is 12.1. The number of nitrogens with one attached hydrogen (secondary N) is 1. The van der Waals surface area contributed by atoms with Gasteiger partial charge in [-0.1, -0.05) is 48.5 Å². The van der Waals surface area contributed by atoms with Crippen molar-refractivity contribution in [2.45, 2.75) is 13.0 Å². The lowest BCUT2D eigenvalue weighted by molar-refractivity contribution is -0.117. The fraction of sp³-hybridized carbons (Fsp3) is 0.167. The summed E-state index contributed by atoms with van der Waals surface area (Å²) in [5.41, 5.74) is 3.10. The molecule has 7 nitrogen and oxygen atoms in total. The zero-order chi connectivity index (χ0) is 26.7. The van der Waals surface area contributed by atoms with Crippen LogP contribution in [0.3, 0.4) is 0 Å². The van der Waals surface area contributed by atoms with Crippen molar-refractivity contribution in [3.63, 3.8) is 0 Å². The van der Waals surface area contributed by atoms with Gasteiger partial charge in [-0.3, -0.25) is 4.79 Å². The summed E-state index contributed by atoms with van der Waals surface area (Å²) in [6.07, 6.45) is 3.94. The first-order valence-electron chi connectivity index (χ1n) is 12.1. The van der Waals surface area contributed by atoms with Crippen LogP contribution in [0.4, 0.5) is 4.39 Å². The molecule has 0 radical (unpaired) electrons. The topological polar surface area (TPSA) is 89.2 Å². The normalized spacial score (nSPS) is 11.1. The number of halogens is 1. The van der Waals surface area contributed by atoms with Crippen molar-refractivity contribution in [1.29, 1.82) is 5.26 Å². The van der Waals surface area contributed by atoms with Crippen molar-refractivity contribution in [2.24, 2.45) is 0 Å². The number of hydrogen-bond donors (Lipinski definition) is 1. The fourth-order valence-electron chi connectivity index (χ4n) is 3.76. The average Bonchev–Trinajstić information content (AvgIpc) is 3.38. The standard InChI is InChI=1S/C30H27FN4O3/c1-37-16-8-15-33-30(36)24(19-32)17-25-20-35(26-11-3-2-4-12-26)34-29(25)22-10-7-13-27(18-22)38-21-23-9-5-6-14-28(23)31/h2-7,9-14,17-18,20H,8,15-16,21H2,1H3,(H,33,36)/b24-17-. The van der Waals surface area contributed by atoms with Crippen molar-refractivity contribution in [1.82, 2.24) is 15.1 Å². The van der Waals surface area contributed by atoms with Crippen LogP contribution in [0.5, 0.6) is 5.75 Å². The highest BCUT2D eigenvalue weighted by Crippen LogP contribution is 2.29. The van der Waals surface area contributed by atoms with Crippen LogP contribution < -0.4 is 10.1 Å². The minimum atomic E-state index is -0.469. The summed E-state index contributed by atoms with van der Waals surface area (Å²) in [6.45, 7) is 0.974. The van der Waals surface area contributed by atoms with Crippen LogP contribution in [0.1, 0.15) is 17.5 Å². The molecular weight excluding hydrogens is 483 g/mol. The Bertz CT molecular complexity index is 1460. The number of carbonyl (C=O) groups excluding carboxylic acids is 1. The second-order valence-corrected chi connectivity index (χ2v) is 8.39. The second kappa shape index (κ2) is 13.0. The average molecular weight is 511 g/mol. The van der Waals surface area contributed by atoms with Gasteiger partial charge in [0.15, 0.2) is 0 Å². The first-order chi connectivity index (χ1) is 18.6. The van der Waals surface area contributed by atoms with E-state index >= 15 is 0 Å². The molecule has 192 valence electrons. The van der Waals surface area contributed by atoms with Crippen molar-refractivity contribution >= 4 is 12.0 Å². The number of nitrogens with zero attached hydrogens (tertiary/aromatic N) is 3. The van der Waals surface area contributed by atoms with Crippen LogP contribution >= 0.6 is 0 Å². The molecule has 4 rings (SSSR count). The Labute approximate surface area is 220 Å². The molecule has 4 aromatic rings. The number of nitriles is 1. The van der Waals surface area contributed by atoms with Crippen molar-refractivity contribution in [2.75, 3.05) is 20.3 Å². The number of aromatic nitrogens is 2. The van der Waals surface area contributed by atoms with Gasteiger partial charge in [0.1, 0.15) is 35.5 Å². The van der Waals surface area contributed by atoms with E-state index in [4.69, 9.17) is 14.6 Å². The number of carbonyl (C=O) groups is 1.